The summed E-state index contributed by atoms with van der Waals surface area (Å²) in [7, 11) is -4.28. The Hall–Kier alpha value is -2.70. The van der Waals surface area contributed by atoms with E-state index in [9.17, 15) is 13.0 Å². The molecular weight excluding hydrogens is 312 g/mol. The maximum atomic E-state index is 11.3. The number of aliphatic imine (C=N–C) groups is 1. The number of benzene rings is 3. The summed E-state index contributed by atoms with van der Waals surface area (Å²) in [5.74, 6) is 0. The van der Waals surface area contributed by atoms with Crippen LogP contribution in [-0.4, -0.2) is 19.2 Å². The predicted molar refractivity (Wildman–Crippen MR) is 91.9 cm³/mol. The lowest BCUT2D eigenvalue weighted by molar-refractivity contribution is 0.483. The highest BCUT2D eigenvalue weighted by Gasteiger charge is 2.12. The molecule has 3 aromatic rings. The Labute approximate surface area is 133 Å². The molecule has 0 unspecified atom stereocenters. The van der Waals surface area contributed by atoms with Crippen LogP contribution in [-0.2, 0) is 10.1 Å². The number of anilines is 1. The van der Waals surface area contributed by atoms with Gasteiger partial charge in [-0.05, 0) is 29.8 Å². The van der Waals surface area contributed by atoms with Gasteiger partial charge in [0.2, 0.25) is 0 Å². The zero-order valence-corrected chi connectivity index (χ0v) is 12.9. The number of rotatable bonds is 3. The summed E-state index contributed by atoms with van der Waals surface area (Å²) in [5, 5.41) is 1.24. The Balaban J connectivity index is 2.16. The van der Waals surface area contributed by atoms with Gasteiger partial charge in [0.15, 0.2) is 0 Å². The number of nitrogen functional groups attached to an aromatic ring is 1. The van der Waals surface area contributed by atoms with Crippen LogP contribution in [0.25, 0.3) is 10.8 Å². The number of hydrogen-bond acceptors (Lipinski definition) is 4. The second-order valence-corrected chi connectivity index (χ2v) is 6.45. The van der Waals surface area contributed by atoms with Gasteiger partial charge in [-0.2, -0.15) is 8.42 Å². The summed E-state index contributed by atoms with van der Waals surface area (Å²) in [6.07, 6.45) is 1.69. The van der Waals surface area contributed by atoms with Crippen LogP contribution in [0.15, 0.2) is 70.6 Å². The molecule has 0 aliphatic carbocycles. The van der Waals surface area contributed by atoms with Crippen LogP contribution >= 0.6 is 0 Å². The molecule has 0 radical (unpaired) electrons. The van der Waals surface area contributed by atoms with Crippen molar-refractivity contribution in [1.29, 1.82) is 0 Å². The average Bonchev–Trinajstić information content (AvgIpc) is 2.54. The van der Waals surface area contributed by atoms with Crippen molar-refractivity contribution in [2.75, 3.05) is 5.73 Å². The van der Waals surface area contributed by atoms with Crippen LogP contribution in [0.3, 0.4) is 0 Å². The second kappa shape index (κ2) is 5.83. The molecule has 0 fully saturated rings. The number of hydrogen-bond donors (Lipinski definition) is 2. The quantitative estimate of drug-likeness (QED) is 0.438. The fourth-order valence-electron chi connectivity index (χ4n) is 2.29. The second-order valence-electron chi connectivity index (χ2n) is 5.03. The van der Waals surface area contributed by atoms with Gasteiger partial charge < -0.3 is 5.73 Å². The summed E-state index contributed by atoms with van der Waals surface area (Å²) in [4.78, 5) is 4.22. The molecule has 0 spiro atoms. The van der Waals surface area contributed by atoms with Gasteiger partial charge in [-0.25, -0.2) is 0 Å². The van der Waals surface area contributed by atoms with E-state index in [0.29, 0.717) is 22.1 Å². The largest absolute Gasteiger partial charge is 0.398 e. The highest BCUT2D eigenvalue weighted by atomic mass is 32.2. The zero-order valence-electron chi connectivity index (χ0n) is 12.0. The lowest BCUT2D eigenvalue weighted by Gasteiger charge is -2.07. The van der Waals surface area contributed by atoms with E-state index >= 15 is 0 Å². The highest BCUT2D eigenvalue weighted by Crippen LogP contribution is 2.32. The van der Waals surface area contributed by atoms with Crippen molar-refractivity contribution in [3.8, 4) is 0 Å². The number of nitrogens with zero attached hydrogens (tertiary/aromatic N) is 1. The van der Waals surface area contributed by atoms with Gasteiger partial charge in [0.1, 0.15) is 0 Å². The van der Waals surface area contributed by atoms with Crippen LogP contribution in [0.5, 0.6) is 0 Å². The van der Waals surface area contributed by atoms with Gasteiger partial charge in [-0.3, -0.25) is 9.55 Å². The third-order valence-electron chi connectivity index (χ3n) is 3.45. The Bertz CT molecular complexity index is 997. The van der Waals surface area contributed by atoms with Crippen molar-refractivity contribution in [3.05, 3.63) is 66.2 Å². The highest BCUT2D eigenvalue weighted by molar-refractivity contribution is 7.85. The van der Waals surface area contributed by atoms with Gasteiger partial charge >= 0.3 is 0 Å². The van der Waals surface area contributed by atoms with Gasteiger partial charge in [-0.15, -0.1) is 0 Å². The molecular formula is C17H14N2O3S. The minimum atomic E-state index is -4.28. The van der Waals surface area contributed by atoms with Crippen molar-refractivity contribution in [2.45, 2.75) is 4.90 Å². The van der Waals surface area contributed by atoms with Crippen molar-refractivity contribution < 1.29 is 13.0 Å². The van der Waals surface area contributed by atoms with Crippen LogP contribution < -0.4 is 5.73 Å². The lowest BCUT2D eigenvalue weighted by Crippen LogP contribution is -1.98. The molecule has 116 valence electrons. The molecule has 0 bridgehead atoms. The molecule has 3 rings (SSSR count). The van der Waals surface area contributed by atoms with E-state index in [1.165, 1.54) is 12.1 Å². The summed E-state index contributed by atoms with van der Waals surface area (Å²) in [6.45, 7) is 0. The average molecular weight is 326 g/mol. The standard InChI is InChI=1S/C17H14N2O3S/c18-16-8-9-17(19-11-12-4-2-1-3-5-12)15-10-13(23(20,21)22)6-7-14(15)16/h1-11H,18H2,(H,20,21,22)/b19-11+. The minimum Gasteiger partial charge on any atom is -0.398 e. The van der Waals surface area contributed by atoms with Crippen molar-refractivity contribution >= 4 is 38.5 Å². The topological polar surface area (TPSA) is 92.8 Å². The Morgan fingerprint density at radius 3 is 2.39 bits per heavy atom. The fraction of sp³-hybridized carbons (Fsp3) is 0. The zero-order chi connectivity index (χ0) is 16.4. The van der Waals surface area contributed by atoms with E-state index < -0.39 is 10.1 Å². The first-order valence-electron chi connectivity index (χ1n) is 6.84. The third kappa shape index (κ3) is 3.23. The van der Waals surface area contributed by atoms with Gasteiger partial charge in [0.25, 0.3) is 10.1 Å². The summed E-state index contributed by atoms with van der Waals surface area (Å²) >= 11 is 0. The van der Waals surface area contributed by atoms with Crippen molar-refractivity contribution in [3.63, 3.8) is 0 Å². The molecule has 0 aliphatic heterocycles. The Kier molecular flexibility index (Phi) is 3.85. The predicted octanol–water partition coefficient (Wildman–Crippen LogP) is 3.42. The van der Waals surface area contributed by atoms with Gasteiger partial charge in [0, 0.05) is 22.7 Å². The summed E-state index contributed by atoms with van der Waals surface area (Å²) in [6, 6.07) is 17.2. The van der Waals surface area contributed by atoms with Crippen LogP contribution in [0, 0.1) is 0 Å². The molecule has 0 aromatic heterocycles. The molecule has 0 aliphatic rings. The van der Waals surface area contributed by atoms with E-state index in [0.717, 1.165) is 5.56 Å². The van der Waals surface area contributed by atoms with Crippen LogP contribution in [0.4, 0.5) is 11.4 Å². The summed E-state index contributed by atoms with van der Waals surface area (Å²) < 4.78 is 31.9. The van der Waals surface area contributed by atoms with Crippen LogP contribution in [0.2, 0.25) is 0 Å². The smallest absolute Gasteiger partial charge is 0.294 e. The first-order chi connectivity index (χ1) is 10.9. The molecule has 0 saturated heterocycles. The molecule has 23 heavy (non-hydrogen) atoms. The Morgan fingerprint density at radius 2 is 1.70 bits per heavy atom. The maximum Gasteiger partial charge on any atom is 0.294 e. The third-order valence-corrected chi connectivity index (χ3v) is 4.30. The number of fused-ring (bicyclic) bond motifs is 1. The van der Waals surface area contributed by atoms with E-state index in [2.05, 4.69) is 4.99 Å². The molecule has 0 heterocycles. The molecule has 0 saturated carbocycles. The van der Waals surface area contributed by atoms with Gasteiger partial charge in [-0.1, -0.05) is 36.4 Å². The van der Waals surface area contributed by atoms with Crippen LogP contribution in [0.1, 0.15) is 5.56 Å². The minimum absolute atomic E-state index is 0.188. The van der Waals surface area contributed by atoms with E-state index in [-0.39, 0.29) is 4.90 Å². The van der Waals surface area contributed by atoms with E-state index in [4.69, 9.17) is 5.73 Å². The van der Waals surface area contributed by atoms with E-state index in [1.807, 2.05) is 30.3 Å². The molecule has 6 heteroatoms. The normalized spacial score (nSPS) is 12.0. The first kappa shape index (κ1) is 15.2. The fourth-order valence-corrected chi connectivity index (χ4v) is 2.80. The monoisotopic (exact) mass is 326 g/mol. The van der Waals surface area contributed by atoms with Gasteiger partial charge in [0.05, 0.1) is 10.6 Å². The van der Waals surface area contributed by atoms with Crippen molar-refractivity contribution in [1.82, 2.24) is 0 Å². The van der Waals surface area contributed by atoms with Crippen molar-refractivity contribution in [2.24, 2.45) is 4.99 Å². The maximum absolute atomic E-state index is 11.3. The molecule has 0 atom stereocenters. The summed E-state index contributed by atoms with van der Waals surface area (Å²) in [5.41, 5.74) is 7.93. The Morgan fingerprint density at radius 1 is 0.957 bits per heavy atom. The molecule has 3 N–H and O–H groups in total. The van der Waals surface area contributed by atoms with E-state index in [1.54, 1.807) is 24.4 Å². The molecule has 0 amide bonds. The SMILES string of the molecule is Nc1ccc(/N=C/c2ccccc2)c2cc(S(=O)(=O)O)ccc12. The lowest BCUT2D eigenvalue weighted by atomic mass is 10.1. The molecule has 5 nitrogen and oxygen atoms in total. The number of nitrogens with two attached hydrogens (primary N) is 1. The molecule has 3 aromatic carbocycles. The first-order valence-corrected chi connectivity index (χ1v) is 8.28.